The van der Waals surface area contributed by atoms with Crippen molar-refractivity contribution in [2.75, 3.05) is 18.1 Å². The van der Waals surface area contributed by atoms with Crippen LogP contribution in [0.1, 0.15) is 12.8 Å². The lowest BCUT2D eigenvalue weighted by atomic mass is 10.2. The van der Waals surface area contributed by atoms with Crippen molar-refractivity contribution in [2.24, 2.45) is 0 Å². The highest BCUT2D eigenvalue weighted by atomic mass is 32.1. The lowest BCUT2D eigenvalue weighted by Gasteiger charge is -2.20. The number of rotatable bonds is 7. The second-order valence-electron chi connectivity index (χ2n) is 4.47. The Morgan fingerprint density at radius 1 is 1.20 bits per heavy atom. The van der Waals surface area contributed by atoms with Gasteiger partial charge in [-0.2, -0.15) is 25.3 Å². The number of nitrogens with one attached hydrogen (secondary N) is 3. The van der Waals surface area contributed by atoms with Crippen LogP contribution < -0.4 is 16.0 Å². The molecule has 0 saturated carbocycles. The van der Waals surface area contributed by atoms with Gasteiger partial charge in [0.25, 0.3) is 0 Å². The predicted octanol–water partition coefficient (Wildman–Crippen LogP) is -1.35. The first-order chi connectivity index (χ1) is 9.49. The van der Waals surface area contributed by atoms with Crippen molar-refractivity contribution in [1.82, 2.24) is 16.0 Å². The zero-order chi connectivity index (χ0) is 15.1. The van der Waals surface area contributed by atoms with E-state index in [0.29, 0.717) is 0 Å². The van der Waals surface area contributed by atoms with Crippen molar-refractivity contribution in [1.29, 1.82) is 0 Å². The Bertz CT molecular complexity index is 375. The van der Waals surface area contributed by atoms with Crippen LogP contribution in [0.2, 0.25) is 0 Å². The van der Waals surface area contributed by atoms with Crippen molar-refractivity contribution in [3.05, 3.63) is 0 Å². The summed E-state index contributed by atoms with van der Waals surface area (Å²) >= 11 is 7.87. The molecule has 0 bridgehead atoms. The quantitative estimate of drug-likeness (QED) is 0.325. The van der Waals surface area contributed by atoms with Crippen LogP contribution in [0.25, 0.3) is 0 Å². The van der Waals surface area contributed by atoms with Crippen molar-refractivity contribution < 1.29 is 19.5 Å². The maximum absolute atomic E-state index is 11.9. The van der Waals surface area contributed by atoms with E-state index in [2.05, 4.69) is 41.2 Å². The van der Waals surface area contributed by atoms with Crippen LogP contribution in [-0.2, 0) is 14.4 Å². The van der Waals surface area contributed by atoms with E-state index < -0.39 is 24.0 Å². The Morgan fingerprint density at radius 2 is 1.85 bits per heavy atom. The SMILES string of the molecule is O=C(O)C(CS)NC(=O)C(CS)NC(=O)C1CCCN1. The summed E-state index contributed by atoms with van der Waals surface area (Å²) in [5.41, 5.74) is 0. The molecule has 0 radical (unpaired) electrons. The smallest absolute Gasteiger partial charge is 0.327 e. The first-order valence-corrected chi connectivity index (χ1v) is 7.54. The Balaban J connectivity index is 2.53. The molecule has 0 spiro atoms. The fourth-order valence-corrected chi connectivity index (χ4v) is 2.34. The molecule has 2 amide bonds. The summed E-state index contributed by atoms with van der Waals surface area (Å²) < 4.78 is 0. The lowest BCUT2D eigenvalue weighted by molar-refractivity contribution is -0.141. The zero-order valence-corrected chi connectivity index (χ0v) is 12.6. The number of carbonyl (C=O) groups is 3. The van der Waals surface area contributed by atoms with Gasteiger partial charge < -0.3 is 21.1 Å². The van der Waals surface area contributed by atoms with Crippen molar-refractivity contribution in [3.63, 3.8) is 0 Å². The monoisotopic (exact) mass is 321 g/mol. The summed E-state index contributed by atoms with van der Waals surface area (Å²) in [6, 6.07) is -2.25. The average Bonchev–Trinajstić information content (AvgIpc) is 2.95. The second-order valence-corrected chi connectivity index (χ2v) is 5.20. The molecule has 0 aromatic rings. The summed E-state index contributed by atoms with van der Waals surface area (Å²) in [6.45, 7) is 0.774. The van der Waals surface area contributed by atoms with Gasteiger partial charge in [-0.25, -0.2) is 4.79 Å². The van der Waals surface area contributed by atoms with Gasteiger partial charge in [0.1, 0.15) is 12.1 Å². The number of carbonyl (C=O) groups excluding carboxylic acids is 2. The molecule has 0 aromatic heterocycles. The van der Waals surface area contributed by atoms with Gasteiger partial charge in [-0.3, -0.25) is 9.59 Å². The molecule has 1 saturated heterocycles. The number of amides is 2. The Hall–Kier alpha value is -0.930. The van der Waals surface area contributed by atoms with E-state index in [9.17, 15) is 14.4 Å². The van der Waals surface area contributed by atoms with E-state index in [4.69, 9.17) is 5.11 Å². The van der Waals surface area contributed by atoms with Crippen LogP contribution >= 0.6 is 25.3 Å². The topological polar surface area (TPSA) is 108 Å². The van der Waals surface area contributed by atoms with Crippen LogP contribution in [-0.4, -0.2) is 59.1 Å². The molecule has 1 aliphatic heterocycles. The minimum atomic E-state index is -1.17. The number of hydrogen-bond acceptors (Lipinski definition) is 6. The van der Waals surface area contributed by atoms with Crippen LogP contribution in [0.15, 0.2) is 0 Å². The molecule has 1 fully saturated rings. The molecule has 1 aliphatic rings. The fourth-order valence-electron chi connectivity index (χ4n) is 1.83. The Morgan fingerprint density at radius 3 is 2.30 bits per heavy atom. The summed E-state index contributed by atoms with van der Waals surface area (Å²) in [4.78, 5) is 34.6. The summed E-state index contributed by atoms with van der Waals surface area (Å²) in [5, 5.41) is 16.8. The molecular formula is C11H19N3O4S2. The average molecular weight is 321 g/mol. The minimum Gasteiger partial charge on any atom is -0.480 e. The number of carboxylic acids is 1. The first-order valence-electron chi connectivity index (χ1n) is 6.28. The largest absolute Gasteiger partial charge is 0.480 e. The minimum absolute atomic E-state index is 0.0293. The van der Waals surface area contributed by atoms with E-state index in [1.165, 1.54) is 0 Å². The van der Waals surface area contributed by atoms with E-state index in [1.807, 2.05) is 0 Å². The second kappa shape index (κ2) is 8.38. The lowest BCUT2D eigenvalue weighted by Crippen LogP contribution is -2.55. The third-order valence-corrected chi connectivity index (χ3v) is 3.72. The molecule has 3 atom stereocenters. The highest BCUT2D eigenvalue weighted by Gasteiger charge is 2.28. The van der Waals surface area contributed by atoms with Gasteiger partial charge in [-0.1, -0.05) is 0 Å². The summed E-state index contributed by atoms with van der Waals surface area (Å²) in [5.74, 6) is -1.96. The van der Waals surface area contributed by atoms with Gasteiger partial charge >= 0.3 is 5.97 Å². The molecule has 114 valence electrons. The van der Waals surface area contributed by atoms with Crippen LogP contribution in [0.3, 0.4) is 0 Å². The number of thiol groups is 2. The van der Waals surface area contributed by atoms with Crippen LogP contribution in [0, 0.1) is 0 Å². The molecule has 3 unspecified atom stereocenters. The molecule has 9 heteroatoms. The molecule has 0 aromatic carbocycles. The molecule has 1 heterocycles. The van der Waals surface area contributed by atoms with E-state index in [0.717, 1.165) is 19.4 Å². The third kappa shape index (κ3) is 4.88. The highest BCUT2D eigenvalue weighted by molar-refractivity contribution is 7.80. The first kappa shape index (κ1) is 17.1. The van der Waals surface area contributed by atoms with E-state index in [1.54, 1.807) is 0 Å². The molecule has 4 N–H and O–H groups in total. The predicted molar refractivity (Wildman–Crippen MR) is 80.2 cm³/mol. The summed E-state index contributed by atoms with van der Waals surface area (Å²) in [7, 11) is 0. The maximum Gasteiger partial charge on any atom is 0.327 e. The van der Waals surface area contributed by atoms with Crippen LogP contribution in [0.5, 0.6) is 0 Å². The van der Waals surface area contributed by atoms with Crippen LogP contribution in [0.4, 0.5) is 0 Å². The molecule has 20 heavy (non-hydrogen) atoms. The fraction of sp³-hybridized carbons (Fsp3) is 0.727. The number of hydrogen-bond donors (Lipinski definition) is 6. The molecule has 0 aliphatic carbocycles. The number of carboxylic acid groups (broad SMARTS) is 1. The zero-order valence-electron chi connectivity index (χ0n) is 10.8. The van der Waals surface area contributed by atoms with E-state index >= 15 is 0 Å². The standard InChI is InChI=1S/C11H19N3O4S2/c15-9(6-2-1-3-12-6)13-7(4-19)10(16)14-8(5-20)11(17)18/h6-8,12,19-20H,1-5H2,(H,13,15)(H,14,16)(H,17,18). The molecule has 7 nitrogen and oxygen atoms in total. The van der Waals surface area contributed by atoms with Crippen molar-refractivity contribution in [2.45, 2.75) is 31.0 Å². The van der Waals surface area contributed by atoms with Gasteiger partial charge in [0.05, 0.1) is 6.04 Å². The van der Waals surface area contributed by atoms with Crippen molar-refractivity contribution >= 4 is 43.0 Å². The third-order valence-electron chi connectivity index (χ3n) is 2.99. The number of aliphatic carboxylic acids is 1. The normalized spacial score (nSPS) is 21.0. The molecule has 1 rings (SSSR count). The summed E-state index contributed by atoms with van der Waals surface area (Å²) in [6.07, 6.45) is 1.64. The Kier molecular flexibility index (Phi) is 7.17. The molecular weight excluding hydrogens is 302 g/mol. The van der Waals surface area contributed by atoms with Gasteiger partial charge in [0, 0.05) is 11.5 Å². The highest BCUT2D eigenvalue weighted by Crippen LogP contribution is 2.05. The van der Waals surface area contributed by atoms with Gasteiger partial charge in [0.15, 0.2) is 0 Å². The Labute approximate surface area is 128 Å². The van der Waals surface area contributed by atoms with Gasteiger partial charge in [-0.05, 0) is 19.4 Å². The van der Waals surface area contributed by atoms with Gasteiger partial charge in [-0.15, -0.1) is 0 Å². The maximum atomic E-state index is 11.9. The van der Waals surface area contributed by atoms with Gasteiger partial charge in [0.2, 0.25) is 11.8 Å². The van der Waals surface area contributed by atoms with Crippen molar-refractivity contribution in [3.8, 4) is 0 Å². The van der Waals surface area contributed by atoms with E-state index in [-0.39, 0.29) is 23.5 Å².